The second-order valence-corrected chi connectivity index (χ2v) is 7.79. The molecular weight excluding hydrogens is 384 g/mol. The number of nitrogens with one attached hydrogen (secondary N) is 2. The molecule has 0 radical (unpaired) electrons. The number of amides is 1. The molecule has 6 heteroatoms. The Labute approximate surface area is 178 Å². The highest BCUT2D eigenvalue weighted by Gasteiger charge is 2.19. The molecule has 0 saturated carbocycles. The number of rotatable bonds is 6. The molecule has 2 N–H and O–H groups in total. The largest absolute Gasteiger partial charge is 0.356 e. The fourth-order valence-electron chi connectivity index (χ4n) is 3.55. The molecule has 1 amide bonds. The highest BCUT2D eigenvalue weighted by Crippen LogP contribution is 2.19. The smallest absolute Gasteiger partial charge is 0.222 e. The molecule has 1 unspecified atom stereocenters. The van der Waals surface area contributed by atoms with Crippen molar-refractivity contribution in [3.8, 4) is 0 Å². The summed E-state index contributed by atoms with van der Waals surface area (Å²) in [6.45, 7) is 4.31. The van der Waals surface area contributed by atoms with Gasteiger partial charge in [-0.25, -0.2) is 0 Å². The van der Waals surface area contributed by atoms with Crippen molar-refractivity contribution < 1.29 is 4.79 Å². The first-order valence-corrected chi connectivity index (χ1v) is 10.5. The zero-order chi connectivity index (χ0) is 20.6. The number of hydrogen-bond donors (Lipinski definition) is 2. The normalized spacial score (nSPS) is 14.9. The van der Waals surface area contributed by atoms with Gasteiger partial charge in [0.05, 0.1) is 6.04 Å². The van der Waals surface area contributed by atoms with E-state index >= 15 is 0 Å². The van der Waals surface area contributed by atoms with Crippen molar-refractivity contribution in [2.75, 3.05) is 20.1 Å². The first-order chi connectivity index (χ1) is 14.1. The summed E-state index contributed by atoms with van der Waals surface area (Å²) < 4.78 is 0. The van der Waals surface area contributed by atoms with Gasteiger partial charge in [0.25, 0.3) is 0 Å². The molecule has 0 aliphatic carbocycles. The Hall–Kier alpha value is -2.53. The number of fused-ring (bicyclic) bond motifs is 1. The summed E-state index contributed by atoms with van der Waals surface area (Å²) in [5.41, 5.74) is 3.77. The predicted molar refractivity (Wildman–Crippen MR) is 119 cm³/mol. The van der Waals surface area contributed by atoms with Gasteiger partial charge < -0.3 is 15.5 Å². The molecule has 0 aromatic heterocycles. The molecule has 1 aliphatic heterocycles. The minimum Gasteiger partial charge on any atom is -0.356 e. The lowest BCUT2D eigenvalue weighted by atomic mass is 9.99. The van der Waals surface area contributed by atoms with Crippen LogP contribution in [0.2, 0.25) is 5.02 Å². The fraction of sp³-hybridized carbons (Fsp3) is 0.391. The van der Waals surface area contributed by atoms with Crippen LogP contribution >= 0.6 is 11.6 Å². The number of hydrogen-bond acceptors (Lipinski definition) is 2. The van der Waals surface area contributed by atoms with E-state index in [0.29, 0.717) is 13.0 Å². The molecule has 1 atom stereocenters. The van der Waals surface area contributed by atoms with Gasteiger partial charge in [0.2, 0.25) is 5.91 Å². The Kier molecular flexibility index (Phi) is 7.53. The van der Waals surface area contributed by atoms with Crippen LogP contribution in [0, 0.1) is 0 Å². The monoisotopic (exact) mass is 412 g/mol. The van der Waals surface area contributed by atoms with Gasteiger partial charge in [-0.2, -0.15) is 0 Å². The Morgan fingerprint density at radius 1 is 1.17 bits per heavy atom. The van der Waals surface area contributed by atoms with Crippen molar-refractivity contribution in [3.63, 3.8) is 0 Å². The maximum atomic E-state index is 12.6. The van der Waals surface area contributed by atoms with Gasteiger partial charge >= 0.3 is 0 Å². The molecule has 29 heavy (non-hydrogen) atoms. The van der Waals surface area contributed by atoms with Gasteiger partial charge in [0.15, 0.2) is 5.96 Å². The summed E-state index contributed by atoms with van der Waals surface area (Å²) in [5, 5.41) is 7.39. The second kappa shape index (κ2) is 10.3. The fourth-order valence-corrected chi connectivity index (χ4v) is 3.67. The third-order valence-corrected chi connectivity index (χ3v) is 5.54. The van der Waals surface area contributed by atoms with Crippen molar-refractivity contribution in [3.05, 3.63) is 70.2 Å². The van der Waals surface area contributed by atoms with Gasteiger partial charge in [-0.15, -0.1) is 0 Å². The lowest BCUT2D eigenvalue weighted by Gasteiger charge is -2.29. The van der Waals surface area contributed by atoms with Crippen LogP contribution < -0.4 is 10.6 Å². The van der Waals surface area contributed by atoms with E-state index in [1.165, 1.54) is 11.1 Å². The molecule has 0 saturated heterocycles. The average Bonchev–Trinajstić information content (AvgIpc) is 2.75. The minimum absolute atomic E-state index is 0.105. The van der Waals surface area contributed by atoms with E-state index in [4.69, 9.17) is 11.6 Å². The molecular formula is C23H29ClN4O. The Balaban J connectivity index is 1.40. The predicted octanol–water partition coefficient (Wildman–Crippen LogP) is 3.93. The first kappa shape index (κ1) is 21.2. The molecule has 0 fully saturated rings. The first-order valence-electron chi connectivity index (χ1n) is 10.1. The molecule has 5 nitrogen and oxygen atoms in total. The van der Waals surface area contributed by atoms with Crippen molar-refractivity contribution in [2.24, 2.45) is 4.99 Å². The molecule has 2 aromatic carbocycles. The number of benzene rings is 2. The molecule has 0 bridgehead atoms. The second-order valence-electron chi connectivity index (χ2n) is 7.35. The summed E-state index contributed by atoms with van der Waals surface area (Å²) in [6, 6.07) is 16.3. The van der Waals surface area contributed by atoms with E-state index in [9.17, 15) is 4.79 Å². The van der Waals surface area contributed by atoms with E-state index in [2.05, 4.69) is 40.7 Å². The van der Waals surface area contributed by atoms with Crippen molar-refractivity contribution in [2.45, 2.75) is 38.8 Å². The van der Waals surface area contributed by atoms with E-state index in [0.717, 1.165) is 42.5 Å². The number of carbonyl (C=O) groups excluding carboxylic acids is 1. The number of carbonyl (C=O) groups is 1. The highest BCUT2D eigenvalue weighted by atomic mass is 35.5. The van der Waals surface area contributed by atoms with Crippen LogP contribution in [0.3, 0.4) is 0 Å². The van der Waals surface area contributed by atoms with Crippen LogP contribution in [0.25, 0.3) is 0 Å². The van der Waals surface area contributed by atoms with Crippen LogP contribution in [0.15, 0.2) is 53.5 Å². The topological polar surface area (TPSA) is 56.7 Å². The third-order valence-electron chi connectivity index (χ3n) is 5.29. The Morgan fingerprint density at radius 2 is 1.90 bits per heavy atom. The van der Waals surface area contributed by atoms with Gasteiger partial charge in [-0.3, -0.25) is 9.79 Å². The van der Waals surface area contributed by atoms with Crippen molar-refractivity contribution in [1.29, 1.82) is 0 Å². The van der Waals surface area contributed by atoms with E-state index in [-0.39, 0.29) is 11.9 Å². The quantitative estimate of drug-likeness (QED) is 0.429. The summed E-state index contributed by atoms with van der Waals surface area (Å²) in [7, 11) is 1.75. The lowest BCUT2D eigenvalue weighted by molar-refractivity contribution is -0.132. The molecule has 1 heterocycles. The number of guanidine groups is 1. The molecule has 154 valence electrons. The summed E-state index contributed by atoms with van der Waals surface area (Å²) in [6.07, 6.45) is 2.26. The van der Waals surface area contributed by atoms with Crippen molar-refractivity contribution in [1.82, 2.24) is 15.5 Å². The molecule has 2 aromatic rings. The van der Waals surface area contributed by atoms with Crippen LogP contribution in [-0.4, -0.2) is 36.9 Å². The Morgan fingerprint density at radius 3 is 2.62 bits per heavy atom. The standard InChI is InChI=1S/C23H29ClN4O/c1-17(18-9-11-21(24)12-10-18)27-23(25-2)26-14-5-8-22(29)28-15-13-19-6-3-4-7-20(19)16-28/h3-4,6-7,9-12,17H,5,8,13-16H2,1-2H3,(H2,25,26,27). The molecule has 0 spiro atoms. The number of halogens is 1. The summed E-state index contributed by atoms with van der Waals surface area (Å²) >= 11 is 5.95. The van der Waals surface area contributed by atoms with Crippen LogP contribution in [0.5, 0.6) is 0 Å². The van der Waals surface area contributed by atoms with Gasteiger partial charge in [0, 0.05) is 38.1 Å². The lowest BCUT2D eigenvalue weighted by Crippen LogP contribution is -2.40. The van der Waals surface area contributed by atoms with Gasteiger partial charge in [0.1, 0.15) is 0 Å². The number of aliphatic imine (C=N–C) groups is 1. The van der Waals surface area contributed by atoms with Crippen LogP contribution in [-0.2, 0) is 17.8 Å². The van der Waals surface area contributed by atoms with E-state index < -0.39 is 0 Å². The third kappa shape index (κ3) is 5.97. The average molecular weight is 413 g/mol. The highest BCUT2D eigenvalue weighted by molar-refractivity contribution is 6.30. The zero-order valence-corrected chi connectivity index (χ0v) is 17.9. The van der Waals surface area contributed by atoms with Crippen molar-refractivity contribution >= 4 is 23.5 Å². The van der Waals surface area contributed by atoms with Crippen LogP contribution in [0.1, 0.15) is 42.5 Å². The van der Waals surface area contributed by atoms with Crippen LogP contribution in [0.4, 0.5) is 0 Å². The van der Waals surface area contributed by atoms with Gasteiger partial charge in [-0.05, 0) is 48.6 Å². The number of nitrogens with zero attached hydrogens (tertiary/aromatic N) is 2. The zero-order valence-electron chi connectivity index (χ0n) is 17.1. The Bertz CT molecular complexity index is 850. The maximum absolute atomic E-state index is 12.6. The SMILES string of the molecule is CN=C(NCCCC(=O)N1CCc2ccccc2C1)NC(C)c1ccc(Cl)cc1. The van der Waals surface area contributed by atoms with Gasteiger partial charge in [-0.1, -0.05) is 48.0 Å². The minimum atomic E-state index is 0.105. The maximum Gasteiger partial charge on any atom is 0.222 e. The molecule has 1 aliphatic rings. The summed E-state index contributed by atoms with van der Waals surface area (Å²) in [5.74, 6) is 0.950. The van der Waals surface area contributed by atoms with E-state index in [1.807, 2.05) is 35.2 Å². The molecule has 3 rings (SSSR count). The summed E-state index contributed by atoms with van der Waals surface area (Å²) in [4.78, 5) is 18.8. The van der Waals surface area contributed by atoms with E-state index in [1.54, 1.807) is 7.05 Å².